The number of hydrogen-bond donors (Lipinski definition) is 2. The van der Waals surface area contributed by atoms with Gasteiger partial charge < -0.3 is 15.2 Å². The van der Waals surface area contributed by atoms with Crippen LogP contribution < -0.4 is 5.32 Å². The maximum Gasteiger partial charge on any atom is 0.342 e. The Labute approximate surface area is 150 Å². The summed E-state index contributed by atoms with van der Waals surface area (Å²) < 4.78 is 29.2. The predicted molar refractivity (Wildman–Crippen MR) is 90.3 cm³/mol. The number of anilines is 1. The molecule has 2 aromatic carbocycles. The molecule has 1 amide bonds. The molecule has 0 fully saturated rings. The van der Waals surface area contributed by atoms with Crippen LogP contribution in [0.4, 0.5) is 14.5 Å². The number of amides is 1. The number of halogens is 3. The molecule has 0 radical (unpaired) electrons. The number of carbonyl (C=O) groups excluding carboxylic acids is 2. The average Bonchev–Trinajstić information content (AvgIpc) is 2.56. The molecular formula is C16H12ClF2NO4S. The van der Waals surface area contributed by atoms with Crippen molar-refractivity contribution < 1.29 is 28.2 Å². The molecule has 0 aliphatic carbocycles. The van der Waals surface area contributed by atoms with Gasteiger partial charge in [0.1, 0.15) is 11.3 Å². The van der Waals surface area contributed by atoms with Crippen molar-refractivity contribution in [2.24, 2.45) is 0 Å². The van der Waals surface area contributed by atoms with Gasteiger partial charge in [0.2, 0.25) is 0 Å². The quantitative estimate of drug-likeness (QED) is 0.575. The zero-order valence-electron chi connectivity index (χ0n) is 12.5. The summed E-state index contributed by atoms with van der Waals surface area (Å²) >= 11 is 6.12. The Hall–Kier alpha value is -2.32. The molecule has 2 aromatic rings. The fraction of sp³-hybridized carbons (Fsp3) is 0.125. The van der Waals surface area contributed by atoms with Gasteiger partial charge in [0, 0.05) is 15.6 Å². The van der Waals surface area contributed by atoms with Crippen molar-refractivity contribution >= 4 is 40.9 Å². The zero-order chi connectivity index (χ0) is 18.4. The zero-order valence-corrected chi connectivity index (χ0v) is 14.1. The number of phenolic OH excluding ortho intramolecular Hbond substituents is 1. The van der Waals surface area contributed by atoms with Gasteiger partial charge in [0.15, 0.2) is 6.61 Å². The van der Waals surface area contributed by atoms with E-state index in [1.54, 1.807) is 0 Å². The lowest BCUT2D eigenvalue weighted by Gasteiger charge is -2.08. The third-order valence-electron chi connectivity index (χ3n) is 2.88. The number of nitrogens with one attached hydrogen (secondary N) is 1. The molecule has 132 valence electrons. The van der Waals surface area contributed by atoms with Gasteiger partial charge in [-0.3, -0.25) is 4.79 Å². The fourth-order valence-electron chi connectivity index (χ4n) is 1.80. The highest BCUT2D eigenvalue weighted by atomic mass is 35.5. The molecule has 0 atom stereocenters. The number of ether oxygens (including phenoxy) is 1. The molecule has 0 spiro atoms. The first-order valence-electron chi connectivity index (χ1n) is 6.85. The number of phenols is 1. The van der Waals surface area contributed by atoms with Gasteiger partial charge in [0.25, 0.3) is 11.7 Å². The monoisotopic (exact) mass is 387 g/mol. The van der Waals surface area contributed by atoms with E-state index in [2.05, 4.69) is 5.32 Å². The van der Waals surface area contributed by atoms with Crippen LogP contribution in [0.5, 0.6) is 5.75 Å². The largest absolute Gasteiger partial charge is 0.507 e. The third kappa shape index (κ3) is 5.91. The van der Waals surface area contributed by atoms with Gasteiger partial charge >= 0.3 is 5.97 Å². The lowest BCUT2D eigenvalue weighted by atomic mass is 10.2. The first kappa shape index (κ1) is 19.0. The summed E-state index contributed by atoms with van der Waals surface area (Å²) in [6, 6.07) is 9.62. The molecule has 0 bridgehead atoms. The molecule has 2 N–H and O–H groups in total. The Bertz CT molecular complexity index is 771. The minimum Gasteiger partial charge on any atom is -0.507 e. The van der Waals surface area contributed by atoms with Crippen LogP contribution in [-0.2, 0) is 9.53 Å². The fourth-order valence-corrected chi connectivity index (χ4v) is 2.47. The number of carbonyl (C=O) groups is 2. The van der Waals surface area contributed by atoms with Gasteiger partial charge in [-0.25, -0.2) is 4.79 Å². The summed E-state index contributed by atoms with van der Waals surface area (Å²) in [5, 5.41) is 12.3. The highest BCUT2D eigenvalue weighted by Crippen LogP contribution is 2.26. The molecule has 0 aliphatic heterocycles. The molecule has 0 heterocycles. The topological polar surface area (TPSA) is 75.6 Å². The molecule has 5 nitrogen and oxygen atoms in total. The third-order valence-corrected chi connectivity index (χ3v) is 3.83. The molecule has 0 aliphatic rings. The van der Waals surface area contributed by atoms with E-state index in [-0.39, 0.29) is 16.3 Å². The molecular weight excluding hydrogens is 376 g/mol. The molecule has 9 heteroatoms. The number of aromatic hydroxyl groups is 1. The summed E-state index contributed by atoms with van der Waals surface area (Å²) in [6.07, 6.45) is 0. The van der Waals surface area contributed by atoms with Crippen molar-refractivity contribution in [3.8, 4) is 5.75 Å². The Kier molecular flexibility index (Phi) is 6.60. The Morgan fingerprint density at radius 1 is 1.20 bits per heavy atom. The summed E-state index contributed by atoms with van der Waals surface area (Å²) in [4.78, 5) is 23.9. The molecule has 2 rings (SSSR count). The van der Waals surface area contributed by atoms with Crippen molar-refractivity contribution in [2.45, 2.75) is 10.7 Å². The van der Waals surface area contributed by atoms with E-state index >= 15 is 0 Å². The number of benzene rings is 2. The molecule has 0 aromatic heterocycles. The molecule has 0 saturated carbocycles. The van der Waals surface area contributed by atoms with Crippen LogP contribution in [0.3, 0.4) is 0 Å². The smallest absolute Gasteiger partial charge is 0.342 e. The van der Waals surface area contributed by atoms with Gasteiger partial charge in [-0.2, -0.15) is 8.78 Å². The molecule has 25 heavy (non-hydrogen) atoms. The highest BCUT2D eigenvalue weighted by Gasteiger charge is 2.15. The van der Waals surface area contributed by atoms with Gasteiger partial charge in [0.05, 0.1) is 0 Å². The first-order chi connectivity index (χ1) is 11.8. The minimum absolute atomic E-state index is 0.159. The number of alkyl halides is 2. The Morgan fingerprint density at radius 2 is 1.88 bits per heavy atom. The van der Waals surface area contributed by atoms with E-state index in [0.29, 0.717) is 22.3 Å². The van der Waals surface area contributed by atoms with Crippen LogP contribution in [0.25, 0.3) is 0 Å². The van der Waals surface area contributed by atoms with Crippen molar-refractivity contribution in [2.75, 3.05) is 11.9 Å². The molecule has 0 unspecified atom stereocenters. The Balaban J connectivity index is 1.88. The van der Waals surface area contributed by atoms with Gasteiger partial charge in [-0.1, -0.05) is 23.4 Å². The van der Waals surface area contributed by atoms with E-state index in [4.69, 9.17) is 16.3 Å². The minimum atomic E-state index is -2.53. The van der Waals surface area contributed by atoms with Crippen LogP contribution in [0.1, 0.15) is 10.4 Å². The van der Waals surface area contributed by atoms with Crippen LogP contribution in [0, 0.1) is 0 Å². The van der Waals surface area contributed by atoms with Crippen molar-refractivity contribution in [3.63, 3.8) is 0 Å². The van der Waals surface area contributed by atoms with Crippen LogP contribution >= 0.6 is 23.4 Å². The normalized spacial score (nSPS) is 10.6. The van der Waals surface area contributed by atoms with E-state index in [1.165, 1.54) is 42.5 Å². The maximum atomic E-state index is 12.2. The summed E-state index contributed by atoms with van der Waals surface area (Å²) in [5.41, 5.74) is 0.207. The lowest BCUT2D eigenvalue weighted by molar-refractivity contribution is -0.119. The summed E-state index contributed by atoms with van der Waals surface area (Å²) in [7, 11) is 0. The van der Waals surface area contributed by atoms with Crippen LogP contribution in [-0.4, -0.2) is 29.3 Å². The van der Waals surface area contributed by atoms with Crippen LogP contribution in [0.2, 0.25) is 5.02 Å². The van der Waals surface area contributed by atoms with E-state index in [0.717, 1.165) is 0 Å². The predicted octanol–water partition coefficient (Wildman–Crippen LogP) is 4.16. The van der Waals surface area contributed by atoms with Crippen LogP contribution in [0.15, 0.2) is 47.4 Å². The number of hydrogen-bond acceptors (Lipinski definition) is 5. The van der Waals surface area contributed by atoms with Gasteiger partial charge in [-0.05, 0) is 42.5 Å². The average molecular weight is 388 g/mol. The number of thioether (sulfide) groups is 1. The highest BCUT2D eigenvalue weighted by molar-refractivity contribution is 7.99. The van der Waals surface area contributed by atoms with E-state index < -0.39 is 24.2 Å². The summed E-state index contributed by atoms with van der Waals surface area (Å²) in [5.74, 6) is -4.37. The Morgan fingerprint density at radius 3 is 2.52 bits per heavy atom. The maximum absolute atomic E-state index is 12.2. The van der Waals surface area contributed by atoms with E-state index in [1.807, 2.05) is 0 Å². The second kappa shape index (κ2) is 8.68. The SMILES string of the molecule is O=C(COC(=O)c1cc(Cl)ccc1O)Nc1ccc(SC(F)F)cc1. The van der Waals surface area contributed by atoms with Crippen molar-refractivity contribution in [1.82, 2.24) is 0 Å². The standard InChI is InChI=1S/C16H12ClF2NO4S/c17-9-1-6-13(21)12(7-9)15(23)24-8-14(22)20-10-2-4-11(5-3-10)25-16(18)19/h1-7,16,21H,8H2,(H,20,22). The number of esters is 1. The lowest BCUT2D eigenvalue weighted by Crippen LogP contribution is -2.21. The summed E-state index contributed by atoms with van der Waals surface area (Å²) in [6.45, 7) is -0.585. The number of rotatable bonds is 6. The van der Waals surface area contributed by atoms with Gasteiger partial charge in [-0.15, -0.1) is 0 Å². The first-order valence-corrected chi connectivity index (χ1v) is 8.11. The van der Waals surface area contributed by atoms with Crippen molar-refractivity contribution in [3.05, 3.63) is 53.1 Å². The van der Waals surface area contributed by atoms with E-state index in [9.17, 15) is 23.5 Å². The second-order valence-electron chi connectivity index (χ2n) is 4.69. The second-order valence-corrected chi connectivity index (χ2v) is 6.19. The molecule has 0 saturated heterocycles. The van der Waals surface area contributed by atoms with Crippen molar-refractivity contribution in [1.29, 1.82) is 0 Å².